The molecule has 0 saturated heterocycles. The Bertz CT molecular complexity index is 412. The van der Waals surface area contributed by atoms with Crippen LogP contribution < -0.4 is 10.1 Å². The third-order valence-electron chi connectivity index (χ3n) is 3.20. The lowest BCUT2D eigenvalue weighted by Crippen LogP contribution is -2.33. The van der Waals surface area contributed by atoms with Crippen molar-refractivity contribution in [1.82, 2.24) is 5.32 Å². The molecule has 0 aromatic heterocycles. The Morgan fingerprint density at radius 2 is 2.06 bits per heavy atom. The molecular weight excluding hydrogens is 202 g/mol. The first-order valence-electron chi connectivity index (χ1n) is 5.87. The first-order valence-corrected chi connectivity index (χ1v) is 5.87. The SMILES string of the molecule is O=C(NC1CC1)C1CCOc2ccccc21. The van der Waals surface area contributed by atoms with Crippen LogP contribution in [0.3, 0.4) is 0 Å². The molecule has 1 N–H and O–H groups in total. The summed E-state index contributed by atoms with van der Waals surface area (Å²) in [5, 5.41) is 3.07. The minimum Gasteiger partial charge on any atom is -0.493 e. The lowest BCUT2D eigenvalue weighted by molar-refractivity contribution is -0.123. The summed E-state index contributed by atoms with van der Waals surface area (Å²) in [4.78, 5) is 12.0. The molecule has 1 aromatic carbocycles. The lowest BCUT2D eigenvalue weighted by atomic mass is 9.92. The van der Waals surface area contributed by atoms with Crippen molar-refractivity contribution < 1.29 is 9.53 Å². The molecule has 2 aliphatic rings. The summed E-state index contributed by atoms with van der Waals surface area (Å²) < 4.78 is 5.54. The zero-order valence-corrected chi connectivity index (χ0v) is 9.11. The van der Waals surface area contributed by atoms with Gasteiger partial charge in [-0.05, 0) is 25.3 Å². The van der Waals surface area contributed by atoms with E-state index in [0.29, 0.717) is 12.6 Å². The second-order valence-electron chi connectivity index (χ2n) is 4.51. The van der Waals surface area contributed by atoms with Crippen LogP contribution in [-0.4, -0.2) is 18.6 Å². The van der Waals surface area contributed by atoms with Crippen molar-refractivity contribution in [3.63, 3.8) is 0 Å². The largest absolute Gasteiger partial charge is 0.493 e. The van der Waals surface area contributed by atoms with Crippen LogP contribution in [0.1, 0.15) is 30.7 Å². The van der Waals surface area contributed by atoms with E-state index in [4.69, 9.17) is 4.74 Å². The van der Waals surface area contributed by atoms with E-state index >= 15 is 0 Å². The number of hydrogen-bond donors (Lipinski definition) is 1. The van der Waals surface area contributed by atoms with Crippen molar-refractivity contribution in [2.75, 3.05) is 6.61 Å². The average Bonchev–Trinajstić information content (AvgIpc) is 3.12. The van der Waals surface area contributed by atoms with Crippen LogP contribution in [0, 0.1) is 0 Å². The van der Waals surface area contributed by atoms with Gasteiger partial charge in [0.2, 0.25) is 5.91 Å². The van der Waals surface area contributed by atoms with E-state index in [1.807, 2.05) is 24.3 Å². The van der Waals surface area contributed by atoms with Crippen LogP contribution in [0.25, 0.3) is 0 Å². The minimum atomic E-state index is -0.0226. The third-order valence-corrected chi connectivity index (χ3v) is 3.20. The van der Waals surface area contributed by atoms with Gasteiger partial charge in [0, 0.05) is 11.6 Å². The van der Waals surface area contributed by atoms with Gasteiger partial charge in [-0.15, -0.1) is 0 Å². The van der Waals surface area contributed by atoms with Gasteiger partial charge in [0.15, 0.2) is 0 Å². The maximum absolute atomic E-state index is 12.0. The smallest absolute Gasteiger partial charge is 0.228 e. The monoisotopic (exact) mass is 217 g/mol. The molecule has 0 radical (unpaired) electrons. The van der Waals surface area contributed by atoms with E-state index in [1.165, 1.54) is 0 Å². The summed E-state index contributed by atoms with van der Waals surface area (Å²) in [5.41, 5.74) is 1.03. The molecule has 1 fully saturated rings. The Balaban J connectivity index is 1.82. The molecule has 1 heterocycles. The molecule has 1 atom stereocenters. The van der Waals surface area contributed by atoms with Gasteiger partial charge in [0.05, 0.1) is 12.5 Å². The number of benzene rings is 1. The van der Waals surface area contributed by atoms with E-state index in [0.717, 1.165) is 30.6 Å². The maximum Gasteiger partial charge on any atom is 0.228 e. The number of nitrogens with one attached hydrogen (secondary N) is 1. The molecule has 3 nitrogen and oxygen atoms in total. The molecule has 1 amide bonds. The number of ether oxygens (including phenoxy) is 1. The Morgan fingerprint density at radius 3 is 2.88 bits per heavy atom. The predicted molar refractivity (Wildman–Crippen MR) is 60.5 cm³/mol. The van der Waals surface area contributed by atoms with E-state index in [9.17, 15) is 4.79 Å². The number of rotatable bonds is 2. The molecule has 84 valence electrons. The summed E-state index contributed by atoms with van der Waals surface area (Å²) >= 11 is 0. The van der Waals surface area contributed by atoms with Crippen molar-refractivity contribution >= 4 is 5.91 Å². The molecule has 1 unspecified atom stereocenters. The number of amides is 1. The van der Waals surface area contributed by atoms with E-state index < -0.39 is 0 Å². The van der Waals surface area contributed by atoms with Crippen LogP contribution in [0.15, 0.2) is 24.3 Å². The number of fused-ring (bicyclic) bond motifs is 1. The van der Waals surface area contributed by atoms with Gasteiger partial charge in [-0.2, -0.15) is 0 Å². The highest BCUT2D eigenvalue weighted by Crippen LogP contribution is 2.34. The highest BCUT2D eigenvalue weighted by atomic mass is 16.5. The highest BCUT2D eigenvalue weighted by Gasteiger charge is 2.31. The maximum atomic E-state index is 12.0. The van der Waals surface area contributed by atoms with E-state index in [2.05, 4.69) is 5.32 Å². The van der Waals surface area contributed by atoms with Crippen molar-refractivity contribution in [3.05, 3.63) is 29.8 Å². The van der Waals surface area contributed by atoms with E-state index in [1.54, 1.807) is 0 Å². The Kier molecular flexibility index (Phi) is 2.31. The fraction of sp³-hybridized carbons (Fsp3) is 0.462. The lowest BCUT2D eigenvalue weighted by Gasteiger charge is -2.25. The molecule has 1 aromatic rings. The fourth-order valence-corrected chi connectivity index (χ4v) is 2.14. The number of carbonyl (C=O) groups excluding carboxylic acids is 1. The summed E-state index contributed by atoms with van der Waals surface area (Å²) in [6.45, 7) is 0.639. The van der Waals surface area contributed by atoms with Gasteiger partial charge in [-0.3, -0.25) is 4.79 Å². The van der Waals surface area contributed by atoms with Crippen LogP contribution >= 0.6 is 0 Å². The highest BCUT2D eigenvalue weighted by molar-refractivity contribution is 5.85. The van der Waals surface area contributed by atoms with Gasteiger partial charge in [-0.1, -0.05) is 18.2 Å². The molecule has 16 heavy (non-hydrogen) atoms. The van der Waals surface area contributed by atoms with Crippen molar-refractivity contribution in [1.29, 1.82) is 0 Å². The van der Waals surface area contributed by atoms with Gasteiger partial charge >= 0.3 is 0 Å². The molecule has 1 aliphatic heterocycles. The standard InChI is InChI=1S/C13H15NO2/c15-13(14-9-5-6-9)11-7-8-16-12-4-2-1-3-10(11)12/h1-4,9,11H,5-8H2,(H,14,15). The fourth-order valence-electron chi connectivity index (χ4n) is 2.14. The molecular formula is C13H15NO2. The predicted octanol–water partition coefficient (Wildman–Crippen LogP) is 1.83. The Labute approximate surface area is 94.8 Å². The van der Waals surface area contributed by atoms with Crippen molar-refractivity contribution in [2.45, 2.75) is 31.2 Å². The quantitative estimate of drug-likeness (QED) is 0.820. The summed E-state index contributed by atoms with van der Waals surface area (Å²) in [6.07, 6.45) is 3.06. The van der Waals surface area contributed by atoms with Crippen LogP contribution in [-0.2, 0) is 4.79 Å². The summed E-state index contributed by atoms with van der Waals surface area (Å²) in [5.74, 6) is 1.01. The van der Waals surface area contributed by atoms with Gasteiger partial charge in [-0.25, -0.2) is 0 Å². The van der Waals surface area contributed by atoms with E-state index in [-0.39, 0.29) is 11.8 Å². The Morgan fingerprint density at radius 1 is 1.25 bits per heavy atom. The normalized spacial score (nSPS) is 23.1. The molecule has 0 spiro atoms. The number of para-hydroxylation sites is 1. The van der Waals surface area contributed by atoms with Crippen molar-refractivity contribution in [2.24, 2.45) is 0 Å². The van der Waals surface area contributed by atoms with Crippen LogP contribution in [0.5, 0.6) is 5.75 Å². The van der Waals surface area contributed by atoms with Crippen molar-refractivity contribution in [3.8, 4) is 5.75 Å². The number of carbonyl (C=O) groups is 1. The molecule has 1 saturated carbocycles. The topological polar surface area (TPSA) is 38.3 Å². The molecule has 1 aliphatic carbocycles. The van der Waals surface area contributed by atoms with Gasteiger partial charge in [0.25, 0.3) is 0 Å². The molecule has 3 heteroatoms. The second kappa shape index (κ2) is 3.81. The zero-order chi connectivity index (χ0) is 11.0. The molecule has 3 rings (SSSR count). The van der Waals surface area contributed by atoms with Gasteiger partial charge in [0.1, 0.15) is 5.75 Å². The average molecular weight is 217 g/mol. The first-order chi connectivity index (χ1) is 7.84. The van der Waals surface area contributed by atoms with Gasteiger partial charge < -0.3 is 10.1 Å². The minimum absolute atomic E-state index is 0.0226. The Hall–Kier alpha value is -1.51. The summed E-state index contributed by atoms with van der Waals surface area (Å²) in [7, 11) is 0. The first kappa shape index (κ1) is 9.70. The second-order valence-corrected chi connectivity index (χ2v) is 4.51. The summed E-state index contributed by atoms with van der Waals surface area (Å²) in [6, 6.07) is 8.27. The zero-order valence-electron chi connectivity index (χ0n) is 9.11. The van der Waals surface area contributed by atoms with Crippen LogP contribution in [0.2, 0.25) is 0 Å². The number of hydrogen-bond acceptors (Lipinski definition) is 2. The third kappa shape index (κ3) is 1.77. The van der Waals surface area contributed by atoms with Crippen LogP contribution in [0.4, 0.5) is 0 Å². The molecule has 0 bridgehead atoms.